The molecule has 0 atom stereocenters. The van der Waals surface area contributed by atoms with Crippen LogP contribution in [0.4, 0.5) is 17.2 Å². The third-order valence-corrected chi connectivity index (χ3v) is 2.87. The van der Waals surface area contributed by atoms with Gasteiger partial charge in [-0.15, -0.1) is 10.2 Å². The van der Waals surface area contributed by atoms with Gasteiger partial charge in [0.2, 0.25) is 0 Å². The van der Waals surface area contributed by atoms with E-state index in [4.69, 9.17) is 11.6 Å². The molecule has 1 amide bonds. The molecule has 0 aliphatic heterocycles. The summed E-state index contributed by atoms with van der Waals surface area (Å²) in [4.78, 5) is 22.1. The molecule has 0 fully saturated rings. The highest BCUT2D eigenvalue weighted by atomic mass is 35.5. The molecular weight excluding hydrogens is 298 g/mol. The van der Waals surface area contributed by atoms with Gasteiger partial charge >= 0.3 is 0 Å². The molecule has 0 saturated heterocycles. The highest BCUT2D eigenvalue weighted by molar-refractivity contribution is 6.32. The van der Waals surface area contributed by atoms with Gasteiger partial charge in [-0.1, -0.05) is 11.6 Å². The third-order valence-electron chi connectivity index (χ3n) is 2.55. The molecule has 0 aliphatic rings. The molecule has 2 aromatic rings. The Morgan fingerprint density at radius 2 is 2.05 bits per heavy atom. The van der Waals surface area contributed by atoms with E-state index >= 15 is 0 Å². The van der Waals surface area contributed by atoms with Crippen molar-refractivity contribution in [1.82, 2.24) is 10.2 Å². The molecule has 0 radical (unpaired) electrons. The van der Waals surface area contributed by atoms with E-state index in [0.29, 0.717) is 5.82 Å². The van der Waals surface area contributed by atoms with Crippen molar-refractivity contribution in [3.05, 3.63) is 51.2 Å². The van der Waals surface area contributed by atoms with E-state index in [1.807, 2.05) is 0 Å². The number of carbonyl (C=O) groups is 1. The molecular formula is C12H10ClN5O3. The predicted octanol–water partition coefficient (Wildman–Crippen LogP) is 2.33. The van der Waals surface area contributed by atoms with Gasteiger partial charge < -0.3 is 10.6 Å². The summed E-state index contributed by atoms with van der Waals surface area (Å²) in [6.45, 7) is 0. The Bertz CT molecular complexity index is 690. The van der Waals surface area contributed by atoms with E-state index in [1.54, 1.807) is 13.1 Å². The van der Waals surface area contributed by atoms with Crippen LogP contribution in [0.1, 0.15) is 10.5 Å². The zero-order valence-electron chi connectivity index (χ0n) is 10.8. The molecule has 21 heavy (non-hydrogen) atoms. The van der Waals surface area contributed by atoms with Gasteiger partial charge in [0.15, 0.2) is 5.69 Å². The minimum absolute atomic E-state index is 0.00355. The number of nitro benzene ring substituents is 1. The first-order chi connectivity index (χ1) is 10.0. The van der Waals surface area contributed by atoms with E-state index in [2.05, 4.69) is 20.8 Å². The first kappa shape index (κ1) is 14.7. The topological polar surface area (TPSA) is 110 Å². The molecule has 0 aliphatic carbocycles. The van der Waals surface area contributed by atoms with Gasteiger partial charge in [-0.25, -0.2) is 0 Å². The minimum atomic E-state index is -0.625. The maximum atomic E-state index is 11.9. The average Bonchev–Trinajstić information content (AvgIpc) is 2.49. The van der Waals surface area contributed by atoms with Gasteiger partial charge in [0.1, 0.15) is 10.8 Å². The van der Waals surface area contributed by atoms with Crippen molar-refractivity contribution in [2.45, 2.75) is 0 Å². The maximum Gasteiger partial charge on any atom is 0.289 e. The van der Waals surface area contributed by atoms with Gasteiger partial charge in [0.25, 0.3) is 11.6 Å². The number of rotatable bonds is 4. The molecule has 0 saturated carbocycles. The summed E-state index contributed by atoms with van der Waals surface area (Å²) in [5, 5.41) is 23.5. The summed E-state index contributed by atoms with van der Waals surface area (Å²) in [5.74, 6) is -0.00421. The quantitative estimate of drug-likeness (QED) is 0.662. The molecule has 1 aromatic carbocycles. The number of anilines is 2. The Hall–Kier alpha value is -2.74. The van der Waals surface area contributed by atoms with Crippen LogP contribution in [0, 0.1) is 10.1 Å². The van der Waals surface area contributed by atoms with Crippen LogP contribution in [0.3, 0.4) is 0 Å². The van der Waals surface area contributed by atoms with Crippen molar-refractivity contribution in [3.63, 3.8) is 0 Å². The third kappa shape index (κ3) is 3.42. The maximum absolute atomic E-state index is 11.9. The summed E-state index contributed by atoms with van der Waals surface area (Å²) in [6, 6.07) is 7.05. The van der Waals surface area contributed by atoms with Gasteiger partial charge in [-0.3, -0.25) is 14.9 Å². The number of aromatic nitrogens is 2. The lowest BCUT2D eigenvalue weighted by molar-refractivity contribution is -0.384. The van der Waals surface area contributed by atoms with Crippen LogP contribution < -0.4 is 10.6 Å². The average molecular weight is 308 g/mol. The Balaban J connectivity index is 2.19. The van der Waals surface area contributed by atoms with E-state index in [0.717, 1.165) is 0 Å². The van der Waals surface area contributed by atoms with Crippen LogP contribution in [0.15, 0.2) is 30.3 Å². The second-order valence-electron chi connectivity index (χ2n) is 3.93. The van der Waals surface area contributed by atoms with Gasteiger partial charge in [-0.2, -0.15) is 0 Å². The number of nitrogens with one attached hydrogen (secondary N) is 2. The number of nitro groups is 1. The molecule has 0 bridgehead atoms. The minimum Gasteiger partial charge on any atom is -0.372 e. The Kier molecular flexibility index (Phi) is 4.29. The molecule has 1 aromatic heterocycles. The molecule has 9 heteroatoms. The number of amides is 1. The van der Waals surface area contributed by atoms with Crippen LogP contribution in [0.2, 0.25) is 5.02 Å². The number of benzene rings is 1. The molecule has 108 valence electrons. The van der Waals surface area contributed by atoms with Crippen molar-refractivity contribution in [3.8, 4) is 0 Å². The first-order valence-electron chi connectivity index (χ1n) is 5.78. The monoisotopic (exact) mass is 307 g/mol. The van der Waals surface area contributed by atoms with Crippen molar-refractivity contribution < 1.29 is 9.72 Å². The van der Waals surface area contributed by atoms with E-state index < -0.39 is 10.8 Å². The van der Waals surface area contributed by atoms with Crippen LogP contribution >= 0.6 is 11.6 Å². The Morgan fingerprint density at radius 3 is 2.62 bits per heavy atom. The van der Waals surface area contributed by atoms with Gasteiger partial charge in [-0.05, 0) is 24.3 Å². The van der Waals surface area contributed by atoms with E-state index in [-0.39, 0.29) is 22.1 Å². The fourth-order valence-corrected chi connectivity index (χ4v) is 1.70. The van der Waals surface area contributed by atoms with Crippen molar-refractivity contribution in [2.75, 3.05) is 17.7 Å². The molecule has 8 nitrogen and oxygen atoms in total. The number of hydrogen-bond donors (Lipinski definition) is 2. The highest BCUT2D eigenvalue weighted by Crippen LogP contribution is 2.27. The van der Waals surface area contributed by atoms with Crippen LogP contribution in [-0.2, 0) is 0 Å². The SMILES string of the molecule is CNc1ccc(C(=O)Nc2ccc(Cl)c([N+](=O)[O-])c2)nn1. The normalized spacial score (nSPS) is 10.0. The Labute approximate surface area is 124 Å². The summed E-state index contributed by atoms with van der Waals surface area (Å²) in [7, 11) is 1.68. The lowest BCUT2D eigenvalue weighted by Crippen LogP contribution is -2.14. The largest absolute Gasteiger partial charge is 0.372 e. The van der Waals surface area contributed by atoms with Gasteiger partial charge in [0.05, 0.1) is 4.92 Å². The van der Waals surface area contributed by atoms with Crippen LogP contribution in [0.5, 0.6) is 0 Å². The van der Waals surface area contributed by atoms with Crippen LogP contribution in [-0.4, -0.2) is 28.1 Å². The lowest BCUT2D eigenvalue weighted by atomic mass is 10.2. The molecule has 2 rings (SSSR count). The molecule has 0 spiro atoms. The number of halogens is 1. The van der Waals surface area contributed by atoms with Crippen LogP contribution in [0.25, 0.3) is 0 Å². The summed E-state index contributed by atoms with van der Waals surface area (Å²) in [5.41, 5.74) is 0.0493. The predicted molar refractivity (Wildman–Crippen MR) is 77.6 cm³/mol. The summed E-state index contributed by atoms with van der Waals surface area (Å²) >= 11 is 5.69. The summed E-state index contributed by atoms with van der Waals surface area (Å²) in [6.07, 6.45) is 0. The zero-order valence-corrected chi connectivity index (χ0v) is 11.6. The smallest absolute Gasteiger partial charge is 0.289 e. The fourth-order valence-electron chi connectivity index (χ4n) is 1.51. The number of hydrogen-bond acceptors (Lipinski definition) is 6. The standard InChI is InChI=1S/C12H10ClN5O3/c1-14-11-5-4-9(16-17-11)12(19)15-7-2-3-8(13)10(6-7)18(20)21/h2-6H,1H3,(H,14,17)(H,15,19). The fraction of sp³-hybridized carbons (Fsp3) is 0.0833. The molecule has 0 unspecified atom stereocenters. The van der Waals surface area contributed by atoms with E-state index in [1.165, 1.54) is 24.3 Å². The molecule has 1 heterocycles. The summed E-state index contributed by atoms with van der Waals surface area (Å²) < 4.78 is 0. The Morgan fingerprint density at radius 1 is 1.29 bits per heavy atom. The van der Waals surface area contributed by atoms with Crippen molar-refractivity contribution >= 4 is 34.7 Å². The second-order valence-corrected chi connectivity index (χ2v) is 4.34. The van der Waals surface area contributed by atoms with E-state index in [9.17, 15) is 14.9 Å². The molecule has 2 N–H and O–H groups in total. The highest BCUT2D eigenvalue weighted by Gasteiger charge is 2.15. The first-order valence-corrected chi connectivity index (χ1v) is 6.16. The van der Waals surface area contributed by atoms with Crippen molar-refractivity contribution in [2.24, 2.45) is 0 Å². The number of nitrogens with zero attached hydrogens (tertiary/aromatic N) is 3. The number of carbonyl (C=O) groups excluding carboxylic acids is 1. The second kappa shape index (κ2) is 6.14. The van der Waals surface area contributed by atoms with Gasteiger partial charge in [0, 0.05) is 18.8 Å². The zero-order chi connectivity index (χ0) is 15.4. The lowest BCUT2D eigenvalue weighted by Gasteiger charge is -2.05. The van der Waals surface area contributed by atoms with Crippen molar-refractivity contribution in [1.29, 1.82) is 0 Å².